The maximum atomic E-state index is 13.3. The number of nitro benzene ring substituents is 1. The number of nitro groups is 1. The molecule has 2 fully saturated rings. The zero-order chi connectivity index (χ0) is 19.5. The number of carbonyl (C=O) groups excluding carboxylic acids is 1. The van der Waals surface area contributed by atoms with E-state index in [2.05, 4.69) is 5.32 Å². The molecule has 2 aromatic carbocycles. The van der Waals surface area contributed by atoms with Crippen molar-refractivity contribution in [2.45, 2.75) is 12.8 Å². The van der Waals surface area contributed by atoms with Crippen LogP contribution in [0.2, 0.25) is 0 Å². The quantitative estimate of drug-likeness (QED) is 0.648. The number of rotatable bonds is 4. The Balaban J connectivity index is 1.61. The van der Waals surface area contributed by atoms with Crippen LogP contribution in [-0.2, 0) is 0 Å². The van der Waals surface area contributed by atoms with Crippen molar-refractivity contribution in [3.8, 4) is 11.5 Å². The molecule has 2 atom stereocenters. The van der Waals surface area contributed by atoms with Gasteiger partial charge in [0, 0.05) is 25.2 Å². The first-order valence-corrected chi connectivity index (χ1v) is 9.63. The molecule has 1 N–H and O–H groups in total. The molecule has 28 heavy (non-hydrogen) atoms. The van der Waals surface area contributed by atoms with Crippen molar-refractivity contribution < 1.29 is 14.5 Å². The third-order valence-corrected chi connectivity index (χ3v) is 5.68. The lowest BCUT2D eigenvalue weighted by atomic mass is 9.92. The Labute approximate surface area is 163 Å². The van der Waals surface area contributed by atoms with Gasteiger partial charge in [0.25, 0.3) is 11.6 Å². The van der Waals surface area contributed by atoms with Gasteiger partial charge in [-0.15, -0.1) is 0 Å². The summed E-state index contributed by atoms with van der Waals surface area (Å²) in [5.41, 5.74) is 0.128. The summed E-state index contributed by atoms with van der Waals surface area (Å²) in [6.45, 7) is 3.34. The Kier molecular flexibility index (Phi) is 5.25. The van der Waals surface area contributed by atoms with Crippen LogP contribution in [0.5, 0.6) is 11.5 Å². The Bertz CT molecular complexity index is 857. The van der Waals surface area contributed by atoms with Crippen LogP contribution >= 0.6 is 0 Å². The molecule has 7 heteroatoms. The molecule has 0 saturated carbocycles. The number of nitrogens with one attached hydrogen (secondary N) is 1. The molecule has 0 bridgehead atoms. The largest absolute Gasteiger partial charge is 0.457 e. The van der Waals surface area contributed by atoms with E-state index < -0.39 is 4.92 Å². The lowest BCUT2D eigenvalue weighted by Gasteiger charge is -2.22. The highest BCUT2D eigenvalue weighted by Crippen LogP contribution is 2.32. The first-order chi connectivity index (χ1) is 13.6. The Morgan fingerprint density at radius 1 is 1.07 bits per heavy atom. The van der Waals surface area contributed by atoms with Crippen molar-refractivity contribution in [3.63, 3.8) is 0 Å². The molecule has 0 aromatic heterocycles. The van der Waals surface area contributed by atoms with Crippen LogP contribution in [0.15, 0.2) is 48.5 Å². The lowest BCUT2D eigenvalue weighted by Crippen LogP contribution is -2.33. The van der Waals surface area contributed by atoms with E-state index in [9.17, 15) is 14.9 Å². The standard InChI is InChI=1S/C21H23N3O4/c25-21(23-10-8-15-13-22-14-16(15)9-11-23)19-12-17(24(26)27)6-7-20(19)28-18-4-2-1-3-5-18/h1-7,12,15-16,22H,8-11,13-14H2/t15-,16+. The molecule has 2 aliphatic heterocycles. The minimum absolute atomic E-state index is 0.111. The number of para-hydroxylation sites is 1. The van der Waals surface area contributed by atoms with Gasteiger partial charge >= 0.3 is 0 Å². The predicted octanol–water partition coefficient (Wildman–Crippen LogP) is 3.46. The van der Waals surface area contributed by atoms with E-state index >= 15 is 0 Å². The zero-order valence-electron chi connectivity index (χ0n) is 15.5. The minimum atomic E-state index is -0.485. The number of likely N-dealkylation sites (tertiary alicyclic amines) is 1. The highest BCUT2D eigenvalue weighted by Gasteiger charge is 2.32. The van der Waals surface area contributed by atoms with E-state index in [-0.39, 0.29) is 17.2 Å². The van der Waals surface area contributed by atoms with Crippen molar-refractivity contribution in [3.05, 3.63) is 64.2 Å². The number of nitrogens with zero attached hydrogens (tertiary/aromatic N) is 2. The predicted molar refractivity (Wildman–Crippen MR) is 105 cm³/mol. The fraction of sp³-hybridized carbons (Fsp3) is 0.381. The Morgan fingerprint density at radius 2 is 1.75 bits per heavy atom. The van der Waals surface area contributed by atoms with E-state index in [0.29, 0.717) is 36.4 Å². The van der Waals surface area contributed by atoms with Crippen molar-refractivity contribution >= 4 is 11.6 Å². The molecule has 146 valence electrons. The van der Waals surface area contributed by atoms with E-state index in [1.165, 1.54) is 18.2 Å². The maximum Gasteiger partial charge on any atom is 0.270 e. The molecule has 0 unspecified atom stereocenters. The van der Waals surface area contributed by atoms with E-state index in [1.807, 2.05) is 23.1 Å². The zero-order valence-corrected chi connectivity index (χ0v) is 15.5. The number of non-ortho nitro benzene ring substituents is 1. The lowest BCUT2D eigenvalue weighted by molar-refractivity contribution is -0.384. The number of carbonyl (C=O) groups is 1. The third kappa shape index (κ3) is 3.84. The first-order valence-electron chi connectivity index (χ1n) is 9.63. The fourth-order valence-electron chi connectivity index (χ4n) is 4.09. The summed E-state index contributed by atoms with van der Waals surface area (Å²) in [6.07, 6.45) is 1.90. The monoisotopic (exact) mass is 381 g/mol. The molecule has 2 saturated heterocycles. The molecule has 0 spiro atoms. The number of ether oxygens (including phenoxy) is 1. The van der Waals surface area contributed by atoms with Crippen molar-refractivity contribution in [2.24, 2.45) is 11.8 Å². The Hall–Kier alpha value is -2.93. The average molecular weight is 381 g/mol. The number of benzene rings is 2. The summed E-state index contributed by atoms with van der Waals surface area (Å²) in [6, 6.07) is 13.3. The van der Waals surface area contributed by atoms with Gasteiger partial charge in [0.2, 0.25) is 0 Å². The molecule has 2 aromatic rings. The maximum absolute atomic E-state index is 13.3. The van der Waals surface area contributed by atoms with E-state index in [0.717, 1.165) is 25.9 Å². The molecule has 1 amide bonds. The van der Waals surface area contributed by atoms with Gasteiger partial charge in [0.15, 0.2) is 0 Å². The smallest absolute Gasteiger partial charge is 0.270 e. The van der Waals surface area contributed by atoms with Crippen LogP contribution in [0, 0.1) is 22.0 Å². The number of hydrogen-bond acceptors (Lipinski definition) is 5. The van der Waals surface area contributed by atoms with Gasteiger partial charge in [-0.3, -0.25) is 14.9 Å². The molecule has 2 heterocycles. The molecule has 4 rings (SSSR count). The second-order valence-electron chi connectivity index (χ2n) is 7.40. The highest BCUT2D eigenvalue weighted by atomic mass is 16.6. The van der Waals surface area contributed by atoms with Crippen LogP contribution < -0.4 is 10.1 Å². The number of hydrogen-bond donors (Lipinski definition) is 1. The van der Waals surface area contributed by atoms with E-state index in [1.54, 1.807) is 12.1 Å². The van der Waals surface area contributed by atoms with Gasteiger partial charge in [-0.2, -0.15) is 0 Å². The van der Waals surface area contributed by atoms with Crippen molar-refractivity contribution in [1.82, 2.24) is 10.2 Å². The topological polar surface area (TPSA) is 84.7 Å². The van der Waals surface area contributed by atoms with Crippen LogP contribution in [0.3, 0.4) is 0 Å². The highest BCUT2D eigenvalue weighted by molar-refractivity contribution is 5.97. The molecule has 0 aliphatic carbocycles. The summed E-state index contributed by atoms with van der Waals surface area (Å²) < 4.78 is 5.88. The van der Waals surface area contributed by atoms with Gasteiger partial charge in [-0.25, -0.2) is 0 Å². The van der Waals surface area contributed by atoms with Crippen molar-refractivity contribution in [1.29, 1.82) is 0 Å². The van der Waals surface area contributed by atoms with Gasteiger partial charge in [-0.1, -0.05) is 18.2 Å². The van der Waals surface area contributed by atoms with Crippen LogP contribution in [0.1, 0.15) is 23.2 Å². The van der Waals surface area contributed by atoms with Crippen LogP contribution in [0.25, 0.3) is 0 Å². The normalized spacial score (nSPS) is 21.6. The average Bonchev–Trinajstić information content (AvgIpc) is 3.06. The second kappa shape index (κ2) is 7.98. The van der Waals surface area contributed by atoms with Gasteiger partial charge in [-0.05, 0) is 56.0 Å². The summed E-state index contributed by atoms with van der Waals surface area (Å²) >= 11 is 0. The third-order valence-electron chi connectivity index (χ3n) is 5.68. The first kappa shape index (κ1) is 18.4. The SMILES string of the molecule is O=C(c1cc([N+](=O)[O-])ccc1Oc1ccccc1)N1CC[C@@H]2CNC[C@@H]2CC1. The van der Waals surface area contributed by atoms with Gasteiger partial charge in [0.05, 0.1) is 10.5 Å². The summed E-state index contributed by atoms with van der Waals surface area (Å²) in [5.74, 6) is 1.92. The molecular weight excluding hydrogens is 358 g/mol. The molecule has 7 nitrogen and oxygen atoms in total. The second-order valence-corrected chi connectivity index (χ2v) is 7.40. The fourth-order valence-corrected chi connectivity index (χ4v) is 4.09. The molecule has 2 aliphatic rings. The van der Waals surface area contributed by atoms with E-state index in [4.69, 9.17) is 4.74 Å². The summed E-state index contributed by atoms with van der Waals surface area (Å²) in [7, 11) is 0. The summed E-state index contributed by atoms with van der Waals surface area (Å²) in [4.78, 5) is 25.8. The van der Waals surface area contributed by atoms with Crippen LogP contribution in [-0.4, -0.2) is 41.9 Å². The number of amides is 1. The Morgan fingerprint density at radius 3 is 2.39 bits per heavy atom. The number of fused-ring (bicyclic) bond motifs is 1. The minimum Gasteiger partial charge on any atom is -0.457 e. The van der Waals surface area contributed by atoms with Gasteiger partial charge in [0.1, 0.15) is 11.5 Å². The van der Waals surface area contributed by atoms with Crippen molar-refractivity contribution in [2.75, 3.05) is 26.2 Å². The summed E-state index contributed by atoms with van der Waals surface area (Å²) in [5, 5.41) is 14.7. The van der Waals surface area contributed by atoms with Crippen LogP contribution in [0.4, 0.5) is 5.69 Å². The molecule has 0 radical (unpaired) electrons. The molecular formula is C21H23N3O4. The van der Waals surface area contributed by atoms with Gasteiger partial charge < -0.3 is 15.0 Å².